The molecule has 0 bridgehead atoms. The summed E-state index contributed by atoms with van der Waals surface area (Å²) >= 11 is 1.17. The highest BCUT2D eigenvalue weighted by Crippen LogP contribution is 2.29. The van der Waals surface area contributed by atoms with Gasteiger partial charge in [-0.2, -0.15) is 0 Å². The molecule has 0 amide bonds. The average Bonchev–Trinajstić information content (AvgIpc) is 3.12. The van der Waals surface area contributed by atoms with Crippen molar-refractivity contribution >= 4 is 28.6 Å². The number of H-pyrrole nitrogens is 1. The fourth-order valence-corrected chi connectivity index (χ4v) is 2.51. The van der Waals surface area contributed by atoms with Gasteiger partial charge in [-0.05, 0) is 13.0 Å². The number of aromatic nitrogens is 3. The average molecular weight is 303 g/mol. The molecule has 0 saturated heterocycles. The first-order valence-electron chi connectivity index (χ1n) is 6.46. The number of fused-ring (bicyclic) bond motifs is 1. The number of aromatic amines is 1. The molecule has 108 valence electrons. The number of hydrogen-bond donors (Lipinski definition) is 1. The van der Waals surface area contributed by atoms with Crippen molar-refractivity contribution < 1.29 is 13.9 Å². The Morgan fingerprint density at radius 2 is 2.24 bits per heavy atom. The number of benzene rings is 1. The van der Waals surface area contributed by atoms with Gasteiger partial charge in [0, 0.05) is 17.1 Å². The number of carbonyl (C=O) groups is 1. The molecule has 1 aromatic carbocycles. The van der Waals surface area contributed by atoms with E-state index in [1.165, 1.54) is 11.8 Å². The van der Waals surface area contributed by atoms with Crippen molar-refractivity contribution in [3.8, 4) is 11.5 Å². The van der Waals surface area contributed by atoms with Crippen LogP contribution in [0, 0.1) is 0 Å². The van der Waals surface area contributed by atoms with Gasteiger partial charge in [0.1, 0.15) is 5.75 Å². The number of rotatable bonds is 5. The predicted octanol–water partition coefficient (Wildman–Crippen LogP) is 2.87. The van der Waals surface area contributed by atoms with E-state index in [2.05, 4.69) is 15.2 Å². The second-order valence-electron chi connectivity index (χ2n) is 4.21. The molecule has 3 rings (SSSR count). The van der Waals surface area contributed by atoms with E-state index in [0.29, 0.717) is 17.7 Å². The van der Waals surface area contributed by atoms with Gasteiger partial charge in [0.15, 0.2) is 0 Å². The van der Waals surface area contributed by atoms with E-state index in [4.69, 9.17) is 9.15 Å². The van der Waals surface area contributed by atoms with E-state index in [1.54, 1.807) is 6.92 Å². The van der Waals surface area contributed by atoms with Crippen LogP contribution in [0.25, 0.3) is 22.4 Å². The first-order chi connectivity index (χ1) is 10.3. The Balaban J connectivity index is 1.77. The topological polar surface area (TPSA) is 81.0 Å². The first kappa shape index (κ1) is 13.7. The van der Waals surface area contributed by atoms with Gasteiger partial charge < -0.3 is 14.1 Å². The fourth-order valence-electron chi connectivity index (χ4n) is 1.95. The fraction of sp³-hybridized carbons (Fsp3) is 0.214. The van der Waals surface area contributed by atoms with Crippen LogP contribution in [-0.2, 0) is 9.53 Å². The summed E-state index contributed by atoms with van der Waals surface area (Å²) in [5, 5.41) is 9.33. The minimum absolute atomic E-state index is 0.156. The molecule has 0 spiro atoms. The largest absolute Gasteiger partial charge is 0.465 e. The van der Waals surface area contributed by atoms with Crippen molar-refractivity contribution in [3.05, 3.63) is 30.5 Å². The van der Waals surface area contributed by atoms with Gasteiger partial charge in [-0.15, -0.1) is 10.2 Å². The molecule has 7 heteroatoms. The Morgan fingerprint density at radius 3 is 3.10 bits per heavy atom. The Bertz CT molecular complexity index is 766. The minimum atomic E-state index is -0.297. The van der Waals surface area contributed by atoms with Crippen LogP contribution >= 0.6 is 11.8 Å². The highest BCUT2D eigenvalue weighted by molar-refractivity contribution is 7.99. The van der Waals surface area contributed by atoms with Gasteiger partial charge in [0.05, 0.1) is 12.2 Å². The summed E-state index contributed by atoms with van der Waals surface area (Å²) in [5.41, 5.74) is 1.85. The summed E-state index contributed by atoms with van der Waals surface area (Å²) < 4.78 is 10.4. The van der Waals surface area contributed by atoms with Crippen LogP contribution in [0.1, 0.15) is 6.92 Å². The zero-order chi connectivity index (χ0) is 14.7. The number of nitrogens with zero attached hydrogens (tertiary/aromatic N) is 2. The maximum Gasteiger partial charge on any atom is 0.316 e. The summed E-state index contributed by atoms with van der Waals surface area (Å²) in [7, 11) is 0. The molecule has 0 atom stereocenters. The highest BCUT2D eigenvalue weighted by atomic mass is 32.2. The zero-order valence-corrected chi connectivity index (χ0v) is 12.1. The Morgan fingerprint density at radius 1 is 1.38 bits per heavy atom. The minimum Gasteiger partial charge on any atom is -0.465 e. The van der Waals surface area contributed by atoms with Gasteiger partial charge in [-0.3, -0.25) is 4.79 Å². The standard InChI is InChI=1S/C14H13N3O3S/c1-2-19-12(18)8-21-14-17-16-13(20-14)10-7-15-11-6-4-3-5-9(10)11/h3-7,15H,2,8H2,1H3. The Kier molecular flexibility index (Phi) is 3.92. The molecular formula is C14H13N3O3S. The van der Waals surface area contributed by atoms with Crippen molar-refractivity contribution in [2.24, 2.45) is 0 Å². The molecule has 21 heavy (non-hydrogen) atoms. The molecule has 1 N–H and O–H groups in total. The lowest BCUT2D eigenvalue weighted by molar-refractivity contribution is -0.139. The van der Waals surface area contributed by atoms with E-state index >= 15 is 0 Å². The molecule has 2 aromatic heterocycles. The van der Waals surface area contributed by atoms with Crippen molar-refractivity contribution in [3.63, 3.8) is 0 Å². The van der Waals surface area contributed by atoms with Gasteiger partial charge in [-0.1, -0.05) is 30.0 Å². The van der Waals surface area contributed by atoms with Crippen molar-refractivity contribution in [1.29, 1.82) is 0 Å². The van der Waals surface area contributed by atoms with Gasteiger partial charge >= 0.3 is 5.97 Å². The van der Waals surface area contributed by atoms with Crippen molar-refractivity contribution in [2.45, 2.75) is 12.1 Å². The second-order valence-corrected chi connectivity index (χ2v) is 5.14. The number of thioether (sulfide) groups is 1. The second kappa shape index (κ2) is 6.01. The van der Waals surface area contributed by atoms with Crippen LogP contribution in [0.4, 0.5) is 0 Å². The third-order valence-corrected chi connectivity index (χ3v) is 3.64. The monoisotopic (exact) mass is 303 g/mol. The highest BCUT2D eigenvalue weighted by Gasteiger charge is 2.14. The zero-order valence-electron chi connectivity index (χ0n) is 11.3. The molecule has 0 aliphatic carbocycles. The van der Waals surface area contributed by atoms with Crippen LogP contribution in [0.5, 0.6) is 0 Å². The number of hydrogen-bond acceptors (Lipinski definition) is 6. The molecule has 0 saturated carbocycles. The van der Waals surface area contributed by atoms with E-state index in [0.717, 1.165) is 16.5 Å². The van der Waals surface area contributed by atoms with Crippen LogP contribution < -0.4 is 0 Å². The summed E-state index contributed by atoms with van der Waals surface area (Å²) in [6.07, 6.45) is 1.83. The molecule has 3 aromatic rings. The predicted molar refractivity (Wildman–Crippen MR) is 78.9 cm³/mol. The molecule has 0 aliphatic rings. The summed E-state index contributed by atoms with van der Waals surface area (Å²) in [6.45, 7) is 2.13. The third kappa shape index (κ3) is 2.92. The van der Waals surface area contributed by atoms with Gasteiger partial charge in [-0.25, -0.2) is 0 Å². The number of ether oxygens (including phenoxy) is 1. The van der Waals surface area contributed by atoms with Crippen molar-refractivity contribution in [2.75, 3.05) is 12.4 Å². The number of esters is 1. The lowest BCUT2D eigenvalue weighted by Gasteiger charge is -1.97. The maximum absolute atomic E-state index is 11.3. The van der Waals surface area contributed by atoms with E-state index in [-0.39, 0.29) is 11.7 Å². The van der Waals surface area contributed by atoms with Gasteiger partial charge in [0.2, 0.25) is 0 Å². The molecule has 0 aliphatic heterocycles. The molecule has 2 heterocycles. The normalized spacial score (nSPS) is 10.9. The molecular weight excluding hydrogens is 290 g/mol. The Hall–Kier alpha value is -2.28. The van der Waals surface area contributed by atoms with Crippen LogP contribution in [-0.4, -0.2) is 33.5 Å². The van der Waals surface area contributed by atoms with E-state index in [9.17, 15) is 4.79 Å². The summed E-state index contributed by atoms with van der Waals surface area (Å²) in [5.74, 6) is 0.289. The SMILES string of the molecule is CCOC(=O)CSc1nnc(-c2c[nH]c3ccccc23)o1. The van der Waals surface area contributed by atoms with Crippen LogP contribution in [0.3, 0.4) is 0 Å². The smallest absolute Gasteiger partial charge is 0.316 e. The molecule has 0 unspecified atom stereocenters. The lowest BCUT2D eigenvalue weighted by Crippen LogP contribution is -2.06. The van der Waals surface area contributed by atoms with Crippen LogP contribution in [0.2, 0.25) is 0 Å². The van der Waals surface area contributed by atoms with E-state index < -0.39 is 0 Å². The lowest BCUT2D eigenvalue weighted by atomic mass is 10.2. The summed E-state index contributed by atoms with van der Waals surface area (Å²) in [6, 6.07) is 7.87. The van der Waals surface area contributed by atoms with Crippen molar-refractivity contribution in [1.82, 2.24) is 15.2 Å². The van der Waals surface area contributed by atoms with E-state index in [1.807, 2.05) is 30.5 Å². The molecule has 6 nitrogen and oxygen atoms in total. The summed E-state index contributed by atoms with van der Waals surface area (Å²) in [4.78, 5) is 14.4. The molecule has 0 radical (unpaired) electrons. The first-order valence-corrected chi connectivity index (χ1v) is 7.45. The number of carbonyl (C=O) groups excluding carboxylic acids is 1. The van der Waals surface area contributed by atoms with Gasteiger partial charge in [0.25, 0.3) is 11.1 Å². The quantitative estimate of drug-likeness (QED) is 0.576. The maximum atomic E-state index is 11.3. The third-order valence-electron chi connectivity index (χ3n) is 2.84. The Labute approximate surface area is 124 Å². The number of para-hydroxylation sites is 1. The molecule has 0 fully saturated rings. The number of nitrogens with one attached hydrogen (secondary N) is 1. The van der Waals surface area contributed by atoms with Crippen LogP contribution in [0.15, 0.2) is 40.1 Å².